The molecule has 2 aliphatic rings. The van der Waals surface area contributed by atoms with Crippen LogP contribution in [0.1, 0.15) is 39.8 Å². The van der Waals surface area contributed by atoms with Gasteiger partial charge in [0.25, 0.3) is 5.56 Å². The summed E-state index contributed by atoms with van der Waals surface area (Å²) in [5, 5.41) is 13.6. The molecule has 2 heterocycles. The highest BCUT2D eigenvalue weighted by Gasteiger charge is 2.64. The summed E-state index contributed by atoms with van der Waals surface area (Å²) in [5.74, 6) is -0.260. The lowest BCUT2D eigenvalue weighted by Crippen LogP contribution is -2.37. The average molecular weight is 538 g/mol. The van der Waals surface area contributed by atoms with E-state index in [2.05, 4.69) is 10.1 Å². The maximum Gasteiger partial charge on any atom is 0.459 e. The second kappa shape index (κ2) is 10.9. The summed E-state index contributed by atoms with van der Waals surface area (Å²) in [4.78, 5) is 38.4. The van der Waals surface area contributed by atoms with Gasteiger partial charge in [-0.3, -0.25) is 23.7 Å². The largest absolute Gasteiger partial charge is 0.464 e. The van der Waals surface area contributed by atoms with Crippen LogP contribution >= 0.6 is 7.75 Å². The van der Waals surface area contributed by atoms with Gasteiger partial charge in [-0.15, -0.1) is 0 Å². The molecular weight excluding hydrogens is 505 g/mol. The first-order valence-corrected chi connectivity index (χ1v) is 13.7. The number of carbonyl (C=O) groups excluding carboxylic acids is 1. The number of para-hydroxylation sites is 1. The monoisotopic (exact) mass is 537 g/mol. The zero-order valence-corrected chi connectivity index (χ0v) is 21.8. The zero-order valence-electron chi connectivity index (χ0n) is 20.9. The Labute approximate surface area is 213 Å². The van der Waals surface area contributed by atoms with E-state index in [-0.39, 0.29) is 24.9 Å². The van der Waals surface area contributed by atoms with E-state index in [4.69, 9.17) is 18.5 Å². The molecule has 5 unspecified atom stereocenters. The number of esters is 1. The summed E-state index contributed by atoms with van der Waals surface area (Å²) >= 11 is 0. The van der Waals surface area contributed by atoms with E-state index in [1.807, 2.05) is 13.8 Å². The number of nitrogens with one attached hydrogen (secondary N) is 2. The predicted molar refractivity (Wildman–Crippen MR) is 132 cm³/mol. The smallest absolute Gasteiger partial charge is 0.459 e. The molecule has 1 saturated carbocycles. The van der Waals surface area contributed by atoms with Crippen LogP contribution in [0.5, 0.6) is 5.75 Å². The van der Waals surface area contributed by atoms with E-state index < -0.39 is 54.9 Å². The molecule has 12 nitrogen and oxygen atoms in total. The Kier molecular flexibility index (Phi) is 8.05. The molecule has 202 valence electrons. The van der Waals surface area contributed by atoms with Crippen molar-refractivity contribution in [3.8, 4) is 5.75 Å². The number of hydrogen-bond donors (Lipinski definition) is 3. The van der Waals surface area contributed by atoms with Gasteiger partial charge >= 0.3 is 19.4 Å². The molecular formula is C24H32N3O9P. The topological polar surface area (TPSA) is 158 Å². The van der Waals surface area contributed by atoms with Gasteiger partial charge < -0.3 is 19.1 Å². The van der Waals surface area contributed by atoms with Crippen LogP contribution in [0, 0.1) is 11.3 Å². The summed E-state index contributed by atoms with van der Waals surface area (Å²) in [6.07, 6.45) is -0.324. The first-order chi connectivity index (χ1) is 17.5. The van der Waals surface area contributed by atoms with Crippen LogP contribution < -0.4 is 20.9 Å². The van der Waals surface area contributed by atoms with Crippen molar-refractivity contribution >= 4 is 13.7 Å². The number of rotatable bonds is 11. The minimum atomic E-state index is -4.16. The van der Waals surface area contributed by atoms with Crippen LogP contribution in [0.3, 0.4) is 0 Å². The van der Waals surface area contributed by atoms with E-state index in [0.717, 1.165) is 0 Å². The maximum atomic E-state index is 13.7. The van der Waals surface area contributed by atoms with Crippen molar-refractivity contribution in [1.29, 1.82) is 0 Å². The molecule has 5 atom stereocenters. The highest BCUT2D eigenvalue weighted by Crippen LogP contribution is 2.62. The number of aliphatic hydroxyl groups is 1. The molecule has 0 amide bonds. The Bertz CT molecular complexity index is 1260. The summed E-state index contributed by atoms with van der Waals surface area (Å²) < 4.78 is 37.5. The van der Waals surface area contributed by atoms with Gasteiger partial charge in [0.1, 0.15) is 24.1 Å². The Morgan fingerprint density at radius 2 is 1.95 bits per heavy atom. The summed E-state index contributed by atoms with van der Waals surface area (Å²) in [7, 11) is -4.16. The third-order valence-electron chi connectivity index (χ3n) is 6.31. The first-order valence-electron chi connectivity index (χ1n) is 12.1. The Hall–Kier alpha value is -2.76. The number of ether oxygens (including phenoxy) is 2. The minimum absolute atomic E-state index is 0.124. The molecule has 3 N–H and O–H groups in total. The van der Waals surface area contributed by atoms with Crippen LogP contribution in [0.2, 0.25) is 0 Å². The van der Waals surface area contributed by atoms with Gasteiger partial charge in [-0.2, -0.15) is 5.09 Å². The fourth-order valence-electron chi connectivity index (χ4n) is 4.21. The number of benzene rings is 1. The quantitative estimate of drug-likeness (QED) is 0.286. The molecule has 1 saturated heterocycles. The fraction of sp³-hybridized carbons (Fsp3) is 0.542. The molecule has 2 aromatic rings. The van der Waals surface area contributed by atoms with Crippen LogP contribution in [0.25, 0.3) is 0 Å². The maximum absolute atomic E-state index is 13.7. The molecule has 2 fully saturated rings. The Balaban J connectivity index is 1.49. The van der Waals surface area contributed by atoms with Gasteiger partial charge in [0, 0.05) is 17.7 Å². The van der Waals surface area contributed by atoms with Gasteiger partial charge in [-0.1, -0.05) is 32.0 Å². The number of aromatic amines is 1. The highest BCUT2D eigenvalue weighted by atomic mass is 31.2. The third-order valence-corrected chi connectivity index (χ3v) is 7.95. The summed E-state index contributed by atoms with van der Waals surface area (Å²) in [5.41, 5.74) is -1.94. The number of aromatic nitrogens is 2. The van der Waals surface area contributed by atoms with Gasteiger partial charge in [-0.25, -0.2) is 9.36 Å². The van der Waals surface area contributed by atoms with E-state index >= 15 is 0 Å². The van der Waals surface area contributed by atoms with E-state index in [0.29, 0.717) is 12.8 Å². The van der Waals surface area contributed by atoms with Crippen molar-refractivity contribution in [2.45, 2.75) is 58.1 Å². The second-order valence-corrected chi connectivity index (χ2v) is 11.5. The lowest BCUT2D eigenvalue weighted by Gasteiger charge is -2.25. The molecule has 37 heavy (non-hydrogen) atoms. The normalized spacial score (nSPS) is 24.5. The van der Waals surface area contributed by atoms with E-state index in [1.54, 1.807) is 30.3 Å². The number of hydrogen-bond acceptors (Lipinski definition) is 9. The van der Waals surface area contributed by atoms with Crippen LogP contribution in [-0.4, -0.2) is 52.1 Å². The summed E-state index contributed by atoms with van der Waals surface area (Å²) in [6, 6.07) is 8.47. The van der Waals surface area contributed by atoms with E-state index in [1.165, 1.54) is 23.8 Å². The van der Waals surface area contributed by atoms with Crippen LogP contribution in [0.15, 0.2) is 52.2 Å². The lowest BCUT2D eigenvalue weighted by atomic mass is 9.96. The predicted octanol–water partition coefficient (Wildman–Crippen LogP) is 1.96. The summed E-state index contributed by atoms with van der Waals surface area (Å²) in [6.45, 7) is 5.11. The van der Waals surface area contributed by atoms with Crippen LogP contribution in [0.4, 0.5) is 0 Å². The highest BCUT2D eigenvalue weighted by molar-refractivity contribution is 7.52. The van der Waals surface area contributed by atoms with Crippen molar-refractivity contribution in [3.63, 3.8) is 0 Å². The standard InChI is InChI=1S/C24H32N3O9P/c1-15(2)13-33-21(30)16(3)26-37(32,36-17-7-5-4-6-8-17)34-14-18-20(29)24(10-11-24)22(35-18)27-12-9-19(28)25-23(27)31/h4-9,12,15-16,18,20,22,29H,10-11,13-14H2,1-3H3,(H,26,32)(H,25,28,31). The minimum Gasteiger partial charge on any atom is -0.464 e. The average Bonchev–Trinajstić information content (AvgIpc) is 3.60. The number of carbonyl (C=O) groups is 1. The lowest BCUT2D eigenvalue weighted by molar-refractivity contribution is -0.146. The molecule has 1 aliphatic heterocycles. The number of H-pyrrole nitrogens is 1. The molecule has 1 aliphatic carbocycles. The number of nitrogens with zero attached hydrogens (tertiary/aromatic N) is 1. The molecule has 0 radical (unpaired) electrons. The van der Waals surface area contributed by atoms with Gasteiger partial charge in [-0.05, 0) is 37.8 Å². The van der Waals surface area contributed by atoms with Crippen molar-refractivity contribution in [2.75, 3.05) is 13.2 Å². The third kappa shape index (κ3) is 6.22. The van der Waals surface area contributed by atoms with Gasteiger partial charge in [0.05, 0.1) is 19.3 Å². The van der Waals surface area contributed by atoms with Gasteiger partial charge in [0.2, 0.25) is 0 Å². The van der Waals surface area contributed by atoms with Crippen molar-refractivity contribution in [1.82, 2.24) is 14.6 Å². The Morgan fingerprint density at radius 1 is 1.24 bits per heavy atom. The van der Waals surface area contributed by atoms with Gasteiger partial charge in [0.15, 0.2) is 0 Å². The first kappa shape index (κ1) is 27.3. The number of aliphatic hydroxyl groups excluding tert-OH is 1. The van der Waals surface area contributed by atoms with Crippen molar-refractivity contribution in [3.05, 3.63) is 63.4 Å². The molecule has 1 aromatic carbocycles. The fourth-order valence-corrected chi connectivity index (χ4v) is 5.71. The molecule has 1 spiro atoms. The van der Waals surface area contributed by atoms with Crippen molar-refractivity contribution < 1.29 is 33.0 Å². The molecule has 13 heteroatoms. The van der Waals surface area contributed by atoms with Crippen molar-refractivity contribution in [2.24, 2.45) is 11.3 Å². The Morgan fingerprint density at radius 3 is 2.57 bits per heavy atom. The van der Waals surface area contributed by atoms with E-state index in [9.17, 15) is 24.1 Å². The molecule has 4 rings (SSSR count). The van der Waals surface area contributed by atoms with Crippen LogP contribution in [-0.2, 0) is 23.4 Å². The molecule has 1 aromatic heterocycles. The second-order valence-electron chi connectivity index (χ2n) is 9.79. The zero-order chi connectivity index (χ0) is 26.8. The SMILES string of the molecule is CC(C)COC(=O)C(C)NP(=O)(OCC1OC(n2ccc(=O)[nH]c2=O)C2(CC2)C1O)Oc1ccccc1. The molecule has 0 bridgehead atoms.